The molecule has 0 bridgehead atoms. The molecule has 4 nitrogen and oxygen atoms in total. The van der Waals surface area contributed by atoms with Crippen LogP contribution in [0.4, 0.5) is 0 Å². The van der Waals surface area contributed by atoms with Gasteiger partial charge in [-0.05, 0) is 43.0 Å². The van der Waals surface area contributed by atoms with Gasteiger partial charge in [-0.1, -0.05) is 55.3 Å². The third-order valence-corrected chi connectivity index (χ3v) is 6.47. The van der Waals surface area contributed by atoms with Crippen LogP contribution in [0.15, 0.2) is 54.6 Å². The van der Waals surface area contributed by atoms with Gasteiger partial charge in [-0.2, -0.15) is 0 Å². The van der Waals surface area contributed by atoms with Crippen LogP contribution in [0.25, 0.3) is 11.1 Å². The van der Waals surface area contributed by atoms with Crippen molar-refractivity contribution in [1.82, 2.24) is 4.72 Å². The second-order valence-electron chi connectivity index (χ2n) is 6.87. The molecule has 140 valence electrons. The van der Waals surface area contributed by atoms with Crippen LogP contribution in [-0.2, 0) is 10.0 Å². The predicted octanol–water partition coefficient (Wildman–Crippen LogP) is 4.23. The summed E-state index contributed by atoms with van der Waals surface area (Å²) in [6.07, 6.45) is 4.09. The Morgan fingerprint density at radius 1 is 0.962 bits per heavy atom. The van der Waals surface area contributed by atoms with Gasteiger partial charge in [0.05, 0.1) is 12.4 Å². The Labute approximate surface area is 156 Å². The van der Waals surface area contributed by atoms with E-state index in [2.05, 4.69) is 29.0 Å². The summed E-state index contributed by atoms with van der Waals surface area (Å²) in [6.45, 7) is 2.21. The molecule has 5 heteroatoms. The third kappa shape index (κ3) is 5.08. The molecule has 1 fully saturated rings. The van der Waals surface area contributed by atoms with Gasteiger partial charge in [-0.25, -0.2) is 13.1 Å². The summed E-state index contributed by atoms with van der Waals surface area (Å²) in [4.78, 5) is 0. The van der Waals surface area contributed by atoms with Crippen molar-refractivity contribution in [3.8, 4) is 16.9 Å². The van der Waals surface area contributed by atoms with Gasteiger partial charge in [0.2, 0.25) is 10.0 Å². The largest absolute Gasteiger partial charge is 0.493 e. The van der Waals surface area contributed by atoms with E-state index in [1.165, 1.54) is 5.56 Å². The summed E-state index contributed by atoms with van der Waals surface area (Å²) in [7, 11) is -3.18. The van der Waals surface area contributed by atoms with Crippen LogP contribution >= 0.6 is 0 Å². The van der Waals surface area contributed by atoms with Gasteiger partial charge < -0.3 is 4.74 Å². The van der Waals surface area contributed by atoms with Gasteiger partial charge in [0.1, 0.15) is 5.75 Å². The maximum Gasteiger partial charge on any atom is 0.211 e. The smallest absolute Gasteiger partial charge is 0.211 e. The molecule has 2 aromatic carbocycles. The topological polar surface area (TPSA) is 55.4 Å². The first-order valence-corrected chi connectivity index (χ1v) is 11.0. The molecule has 3 rings (SSSR count). The van der Waals surface area contributed by atoms with Gasteiger partial charge in [-0.3, -0.25) is 0 Å². The van der Waals surface area contributed by atoms with Crippen molar-refractivity contribution < 1.29 is 13.2 Å². The predicted molar refractivity (Wildman–Crippen MR) is 106 cm³/mol. The second kappa shape index (κ2) is 8.69. The lowest BCUT2D eigenvalue weighted by atomic mass is 9.86. The summed E-state index contributed by atoms with van der Waals surface area (Å²) in [5.41, 5.74) is 2.34. The molecule has 2 atom stereocenters. The lowest BCUT2D eigenvalue weighted by Crippen LogP contribution is -2.44. The first-order valence-electron chi connectivity index (χ1n) is 9.35. The molecule has 1 aliphatic carbocycles. The van der Waals surface area contributed by atoms with Gasteiger partial charge in [0.15, 0.2) is 0 Å². The summed E-state index contributed by atoms with van der Waals surface area (Å²) in [6, 6.07) is 18.3. The number of ether oxygens (including phenoxy) is 1. The van der Waals surface area contributed by atoms with Crippen LogP contribution in [0.3, 0.4) is 0 Å². The van der Waals surface area contributed by atoms with E-state index >= 15 is 0 Å². The maximum atomic E-state index is 11.9. The molecule has 0 aliphatic heterocycles. The fourth-order valence-electron chi connectivity index (χ4n) is 3.45. The zero-order valence-electron chi connectivity index (χ0n) is 15.2. The molecule has 0 spiro atoms. The van der Waals surface area contributed by atoms with Crippen molar-refractivity contribution in [1.29, 1.82) is 0 Å². The molecule has 26 heavy (non-hydrogen) atoms. The Balaban J connectivity index is 1.60. The minimum atomic E-state index is -3.18. The molecule has 1 N–H and O–H groups in total. The number of hydrogen-bond acceptors (Lipinski definition) is 3. The second-order valence-corrected chi connectivity index (χ2v) is 8.92. The molecule has 1 saturated carbocycles. The average molecular weight is 374 g/mol. The Bertz CT molecular complexity index is 788. The SMILES string of the molecule is CCS(=O)(=O)N[C@H]1CCCC[C@@H]1COc1ccc(-c2ccccc2)cc1. The van der Waals surface area contributed by atoms with E-state index in [1.807, 2.05) is 30.3 Å². The van der Waals surface area contributed by atoms with Crippen LogP contribution in [0.2, 0.25) is 0 Å². The van der Waals surface area contributed by atoms with Crippen LogP contribution in [0, 0.1) is 5.92 Å². The molecule has 0 radical (unpaired) electrons. The lowest BCUT2D eigenvalue weighted by Gasteiger charge is -2.31. The van der Waals surface area contributed by atoms with Gasteiger partial charge >= 0.3 is 0 Å². The van der Waals surface area contributed by atoms with Gasteiger partial charge in [0, 0.05) is 12.0 Å². The van der Waals surface area contributed by atoms with Crippen molar-refractivity contribution in [2.75, 3.05) is 12.4 Å². The van der Waals surface area contributed by atoms with Crippen LogP contribution in [0.5, 0.6) is 5.75 Å². The lowest BCUT2D eigenvalue weighted by molar-refractivity contribution is 0.180. The number of rotatable bonds is 7. The molecule has 0 unspecified atom stereocenters. The molecule has 1 aliphatic rings. The first kappa shape index (κ1) is 18.9. The highest BCUT2D eigenvalue weighted by Gasteiger charge is 2.28. The summed E-state index contributed by atoms with van der Waals surface area (Å²) in [5.74, 6) is 1.17. The molecule has 2 aromatic rings. The summed E-state index contributed by atoms with van der Waals surface area (Å²) in [5, 5.41) is 0. The highest BCUT2D eigenvalue weighted by Crippen LogP contribution is 2.27. The Kier molecular flexibility index (Phi) is 6.33. The third-order valence-electron chi connectivity index (χ3n) is 5.05. The molecular weight excluding hydrogens is 346 g/mol. The summed E-state index contributed by atoms with van der Waals surface area (Å²) < 4.78 is 32.6. The van der Waals surface area contributed by atoms with E-state index in [9.17, 15) is 8.42 Å². The molecule has 0 aromatic heterocycles. The number of nitrogens with one attached hydrogen (secondary N) is 1. The maximum absolute atomic E-state index is 11.9. The van der Waals surface area contributed by atoms with E-state index in [1.54, 1.807) is 6.92 Å². The monoisotopic (exact) mass is 373 g/mol. The van der Waals surface area contributed by atoms with Gasteiger partial charge in [-0.15, -0.1) is 0 Å². The highest BCUT2D eigenvalue weighted by atomic mass is 32.2. The van der Waals surface area contributed by atoms with Crippen LogP contribution in [-0.4, -0.2) is 26.8 Å². The Morgan fingerprint density at radius 3 is 2.31 bits per heavy atom. The number of hydrogen-bond donors (Lipinski definition) is 1. The Morgan fingerprint density at radius 2 is 1.62 bits per heavy atom. The van der Waals surface area contributed by atoms with Crippen LogP contribution < -0.4 is 9.46 Å². The van der Waals surface area contributed by atoms with Crippen molar-refractivity contribution >= 4 is 10.0 Å². The molecular formula is C21H27NO3S. The minimum Gasteiger partial charge on any atom is -0.493 e. The molecule has 0 amide bonds. The normalized spacial score (nSPS) is 20.7. The van der Waals surface area contributed by atoms with E-state index in [0.717, 1.165) is 37.0 Å². The first-order chi connectivity index (χ1) is 12.6. The minimum absolute atomic E-state index is 0.0164. The van der Waals surface area contributed by atoms with E-state index in [0.29, 0.717) is 6.61 Å². The number of sulfonamides is 1. The standard InChI is InChI=1S/C21H27NO3S/c1-2-26(23,24)22-21-11-7-6-10-19(21)16-25-20-14-12-18(13-15-20)17-8-4-3-5-9-17/h3-5,8-9,12-15,19,21-22H,2,6-7,10-11,16H2,1H3/t19-,21+/m1/s1. The van der Waals surface area contributed by atoms with Crippen LogP contribution in [0.1, 0.15) is 32.6 Å². The van der Waals surface area contributed by atoms with Crippen molar-refractivity contribution in [3.05, 3.63) is 54.6 Å². The van der Waals surface area contributed by atoms with E-state index in [4.69, 9.17) is 4.74 Å². The zero-order valence-corrected chi connectivity index (χ0v) is 16.0. The van der Waals surface area contributed by atoms with E-state index in [-0.39, 0.29) is 17.7 Å². The molecule has 0 heterocycles. The molecule has 0 saturated heterocycles. The zero-order chi connectivity index (χ0) is 18.4. The summed E-state index contributed by atoms with van der Waals surface area (Å²) >= 11 is 0. The average Bonchev–Trinajstić information content (AvgIpc) is 2.68. The Hall–Kier alpha value is -1.85. The quantitative estimate of drug-likeness (QED) is 0.790. The highest BCUT2D eigenvalue weighted by molar-refractivity contribution is 7.89. The van der Waals surface area contributed by atoms with Crippen molar-refractivity contribution in [3.63, 3.8) is 0 Å². The van der Waals surface area contributed by atoms with E-state index < -0.39 is 10.0 Å². The fourth-order valence-corrected chi connectivity index (χ4v) is 4.39. The van der Waals surface area contributed by atoms with Crippen molar-refractivity contribution in [2.45, 2.75) is 38.6 Å². The van der Waals surface area contributed by atoms with Gasteiger partial charge in [0.25, 0.3) is 0 Å². The fraction of sp³-hybridized carbons (Fsp3) is 0.429. The number of benzene rings is 2. The van der Waals surface area contributed by atoms with Crippen molar-refractivity contribution in [2.24, 2.45) is 5.92 Å².